The summed E-state index contributed by atoms with van der Waals surface area (Å²) in [6.07, 6.45) is 0.823. The van der Waals surface area contributed by atoms with Crippen molar-refractivity contribution in [2.24, 2.45) is 0 Å². The number of amides is 1. The zero-order chi connectivity index (χ0) is 15.1. The van der Waals surface area contributed by atoms with Gasteiger partial charge in [-0.2, -0.15) is 0 Å². The third-order valence-corrected chi connectivity index (χ3v) is 2.49. The van der Waals surface area contributed by atoms with Crippen LogP contribution in [0.15, 0.2) is 18.2 Å². The van der Waals surface area contributed by atoms with Crippen LogP contribution in [0.4, 0.5) is 11.4 Å². The van der Waals surface area contributed by atoms with E-state index in [0.717, 1.165) is 13.0 Å². The van der Waals surface area contributed by atoms with Crippen LogP contribution in [-0.2, 0) is 4.79 Å². The highest BCUT2D eigenvalue weighted by Crippen LogP contribution is 2.29. The largest absolute Gasteiger partial charge is 0.491 e. The second kappa shape index (κ2) is 7.44. The maximum Gasteiger partial charge on any atom is 0.271 e. The molecule has 0 saturated heterocycles. The van der Waals surface area contributed by atoms with Crippen molar-refractivity contribution in [3.8, 4) is 5.75 Å². The molecule has 0 aliphatic heterocycles. The number of non-ortho nitro benzene ring substituents is 1. The van der Waals surface area contributed by atoms with Gasteiger partial charge in [-0.15, -0.1) is 0 Å². The van der Waals surface area contributed by atoms with E-state index in [2.05, 4.69) is 5.32 Å². The molecule has 0 spiro atoms. The van der Waals surface area contributed by atoms with Crippen LogP contribution in [0.3, 0.4) is 0 Å². The summed E-state index contributed by atoms with van der Waals surface area (Å²) in [5.74, 6) is 0.133. The molecule has 7 nitrogen and oxygen atoms in total. The van der Waals surface area contributed by atoms with Gasteiger partial charge in [-0.1, -0.05) is 0 Å². The molecule has 1 N–H and O–H groups in total. The van der Waals surface area contributed by atoms with Crippen molar-refractivity contribution in [1.82, 2.24) is 4.90 Å². The second-order valence-corrected chi connectivity index (χ2v) is 4.62. The van der Waals surface area contributed by atoms with E-state index in [1.54, 1.807) is 0 Å². The van der Waals surface area contributed by atoms with Gasteiger partial charge in [-0.3, -0.25) is 14.9 Å². The quantitative estimate of drug-likeness (QED) is 0.468. The summed E-state index contributed by atoms with van der Waals surface area (Å²) in [7, 11) is 3.93. The standard InChI is InChI=1S/C13H19N3O4/c1-10(17)14-12-9-11(16(18)19)5-6-13(12)20-8-4-7-15(2)3/h5-6,9H,4,7-8H2,1-3H3,(H,14,17). The number of carbonyl (C=O) groups excluding carboxylic acids is 1. The molecule has 0 fully saturated rings. The fraction of sp³-hybridized carbons (Fsp3) is 0.462. The van der Waals surface area contributed by atoms with Gasteiger partial charge in [0.05, 0.1) is 17.2 Å². The maximum atomic E-state index is 11.1. The molecule has 0 aromatic heterocycles. The molecule has 0 aliphatic rings. The molecular weight excluding hydrogens is 262 g/mol. The van der Waals surface area contributed by atoms with Gasteiger partial charge < -0.3 is 15.0 Å². The van der Waals surface area contributed by atoms with Crippen molar-refractivity contribution < 1.29 is 14.5 Å². The Bertz CT molecular complexity index is 489. The van der Waals surface area contributed by atoms with Crippen molar-refractivity contribution in [3.63, 3.8) is 0 Å². The zero-order valence-electron chi connectivity index (χ0n) is 11.9. The van der Waals surface area contributed by atoms with E-state index >= 15 is 0 Å². The molecule has 20 heavy (non-hydrogen) atoms. The van der Waals surface area contributed by atoms with Crippen LogP contribution in [-0.4, -0.2) is 43.0 Å². The lowest BCUT2D eigenvalue weighted by molar-refractivity contribution is -0.384. The Morgan fingerprint density at radius 1 is 1.45 bits per heavy atom. The molecule has 0 bridgehead atoms. The Kier molecular flexibility index (Phi) is 5.92. The first kappa shape index (κ1) is 15.9. The third-order valence-electron chi connectivity index (χ3n) is 2.49. The number of benzene rings is 1. The molecule has 1 amide bonds. The number of nitrogens with one attached hydrogen (secondary N) is 1. The number of nitro benzene ring substituents is 1. The minimum Gasteiger partial charge on any atom is -0.491 e. The Morgan fingerprint density at radius 3 is 2.70 bits per heavy atom. The van der Waals surface area contributed by atoms with E-state index in [-0.39, 0.29) is 11.6 Å². The number of nitro groups is 1. The predicted octanol–water partition coefficient (Wildman–Crippen LogP) is 1.88. The second-order valence-electron chi connectivity index (χ2n) is 4.62. The normalized spacial score (nSPS) is 10.4. The highest BCUT2D eigenvalue weighted by Gasteiger charge is 2.12. The van der Waals surface area contributed by atoms with Gasteiger partial charge in [-0.25, -0.2) is 0 Å². The van der Waals surface area contributed by atoms with Crippen molar-refractivity contribution in [2.75, 3.05) is 32.6 Å². The Balaban J connectivity index is 2.77. The minimum atomic E-state index is -0.513. The van der Waals surface area contributed by atoms with E-state index in [9.17, 15) is 14.9 Å². The molecule has 110 valence electrons. The van der Waals surface area contributed by atoms with E-state index in [0.29, 0.717) is 18.0 Å². The Labute approximate surface area is 117 Å². The maximum absolute atomic E-state index is 11.1. The van der Waals surface area contributed by atoms with Gasteiger partial charge >= 0.3 is 0 Å². The number of carbonyl (C=O) groups is 1. The fourth-order valence-corrected chi connectivity index (χ4v) is 1.61. The van der Waals surface area contributed by atoms with E-state index in [1.807, 2.05) is 19.0 Å². The molecule has 0 radical (unpaired) electrons. The van der Waals surface area contributed by atoms with Gasteiger partial charge in [0.2, 0.25) is 5.91 Å². The molecule has 7 heteroatoms. The highest BCUT2D eigenvalue weighted by atomic mass is 16.6. The molecule has 1 aromatic carbocycles. The van der Waals surface area contributed by atoms with Crippen LogP contribution in [0, 0.1) is 10.1 Å². The third kappa shape index (κ3) is 5.23. The summed E-state index contributed by atoms with van der Waals surface area (Å²) < 4.78 is 5.56. The van der Waals surface area contributed by atoms with Gasteiger partial charge in [0.15, 0.2) is 0 Å². The molecular formula is C13H19N3O4. The zero-order valence-corrected chi connectivity index (χ0v) is 11.9. The van der Waals surface area contributed by atoms with Gasteiger partial charge in [0.25, 0.3) is 5.69 Å². The van der Waals surface area contributed by atoms with E-state index in [4.69, 9.17) is 4.74 Å². The number of anilines is 1. The first-order chi connectivity index (χ1) is 9.40. The molecule has 0 aliphatic carbocycles. The van der Waals surface area contributed by atoms with Crippen molar-refractivity contribution >= 4 is 17.3 Å². The molecule has 0 heterocycles. The lowest BCUT2D eigenvalue weighted by Gasteiger charge is -2.13. The lowest BCUT2D eigenvalue weighted by Crippen LogP contribution is -2.16. The summed E-state index contributed by atoms with van der Waals surface area (Å²) in [5.41, 5.74) is 0.228. The Morgan fingerprint density at radius 2 is 2.15 bits per heavy atom. The molecule has 1 aromatic rings. The number of ether oxygens (including phenoxy) is 1. The summed E-state index contributed by atoms with van der Waals surface area (Å²) in [6.45, 7) is 2.69. The van der Waals surface area contributed by atoms with Crippen molar-refractivity contribution in [1.29, 1.82) is 0 Å². The van der Waals surface area contributed by atoms with E-state index in [1.165, 1.54) is 25.1 Å². The average molecular weight is 281 g/mol. The fourth-order valence-electron chi connectivity index (χ4n) is 1.61. The monoisotopic (exact) mass is 281 g/mol. The minimum absolute atomic E-state index is 0.0885. The Hall–Kier alpha value is -2.15. The van der Waals surface area contributed by atoms with Crippen molar-refractivity contribution in [3.05, 3.63) is 28.3 Å². The van der Waals surface area contributed by atoms with Crippen LogP contribution in [0.5, 0.6) is 5.75 Å². The van der Waals surface area contributed by atoms with Gasteiger partial charge in [0.1, 0.15) is 5.75 Å². The van der Waals surface area contributed by atoms with Gasteiger partial charge in [0, 0.05) is 25.6 Å². The number of rotatable bonds is 7. The highest BCUT2D eigenvalue weighted by molar-refractivity contribution is 5.90. The predicted molar refractivity (Wildman–Crippen MR) is 76.1 cm³/mol. The number of hydrogen-bond acceptors (Lipinski definition) is 5. The SMILES string of the molecule is CC(=O)Nc1cc([N+](=O)[O-])ccc1OCCCN(C)C. The molecule has 1 rings (SSSR count). The topological polar surface area (TPSA) is 84.7 Å². The van der Waals surface area contributed by atoms with E-state index < -0.39 is 4.92 Å². The summed E-state index contributed by atoms with van der Waals surface area (Å²) in [5, 5.41) is 13.3. The summed E-state index contributed by atoms with van der Waals surface area (Å²) >= 11 is 0. The smallest absolute Gasteiger partial charge is 0.271 e. The van der Waals surface area contributed by atoms with Crippen LogP contribution in [0.25, 0.3) is 0 Å². The van der Waals surface area contributed by atoms with Crippen LogP contribution < -0.4 is 10.1 Å². The first-order valence-corrected chi connectivity index (χ1v) is 6.23. The lowest BCUT2D eigenvalue weighted by atomic mass is 10.2. The van der Waals surface area contributed by atoms with Gasteiger partial charge in [-0.05, 0) is 26.6 Å². The number of hydrogen-bond donors (Lipinski definition) is 1. The molecule has 0 unspecified atom stereocenters. The molecule has 0 saturated carbocycles. The first-order valence-electron chi connectivity index (χ1n) is 6.23. The summed E-state index contributed by atoms with van der Waals surface area (Å²) in [6, 6.07) is 4.15. The van der Waals surface area contributed by atoms with Crippen LogP contribution >= 0.6 is 0 Å². The van der Waals surface area contributed by atoms with Crippen LogP contribution in [0.2, 0.25) is 0 Å². The molecule has 0 atom stereocenters. The van der Waals surface area contributed by atoms with Crippen LogP contribution in [0.1, 0.15) is 13.3 Å². The summed E-state index contributed by atoms with van der Waals surface area (Å²) in [4.78, 5) is 23.4. The number of nitrogens with zero attached hydrogens (tertiary/aromatic N) is 2. The average Bonchev–Trinajstić information content (AvgIpc) is 2.34. The van der Waals surface area contributed by atoms with Crippen molar-refractivity contribution in [2.45, 2.75) is 13.3 Å².